The van der Waals surface area contributed by atoms with E-state index in [-0.39, 0.29) is 5.91 Å². The van der Waals surface area contributed by atoms with E-state index in [4.69, 9.17) is 5.73 Å². The Kier molecular flexibility index (Phi) is 2.65. The van der Waals surface area contributed by atoms with Gasteiger partial charge >= 0.3 is 0 Å². The van der Waals surface area contributed by atoms with Gasteiger partial charge in [0.15, 0.2) is 0 Å². The van der Waals surface area contributed by atoms with Gasteiger partial charge in [-0.1, -0.05) is 6.07 Å². The van der Waals surface area contributed by atoms with Crippen LogP contribution in [-0.4, -0.2) is 10.9 Å². The lowest BCUT2D eigenvalue weighted by atomic mass is 10.4. The normalized spacial score (nSPS) is 9.50. The fraction of sp³-hybridized carbons (Fsp3) is 0.143. The van der Waals surface area contributed by atoms with E-state index in [1.54, 1.807) is 18.2 Å². The van der Waals surface area contributed by atoms with Gasteiger partial charge in [-0.05, 0) is 12.1 Å². The number of halogens is 1. The number of carbonyl (C=O) groups is 1. The maximum Gasteiger partial charge on any atom is 0.235 e. The Morgan fingerprint density at radius 3 is 2.83 bits per heavy atom. The van der Waals surface area contributed by atoms with Crippen LogP contribution in [0.5, 0.6) is 0 Å². The second-order valence-corrected chi connectivity index (χ2v) is 2.93. The van der Waals surface area contributed by atoms with E-state index in [1.807, 2.05) is 0 Å². The van der Waals surface area contributed by atoms with Gasteiger partial charge in [0.2, 0.25) is 5.91 Å². The molecule has 1 rings (SSSR count). The third-order valence-corrected chi connectivity index (χ3v) is 2.10. The zero-order valence-electron chi connectivity index (χ0n) is 6.49. The molecular weight excluding hydrogens is 222 g/mol. The lowest BCUT2D eigenvalue weighted by molar-refractivity contribution is -0.115. The van der Waals surface area contributed by atoms with Crippen molar-refractivity contribution in [3.05, 3.63) is 18.2 Å². The summed E-state index contributed by atoms with van der Waals surface area (Å²) in [4.78, 5) is 14.8. The zero-order chi connectivity index (χ0) is 9.14. The summed E-state index contributed by atoms with van der Waals surface area (Å²) >= 11 is 3.05. The summed E-state index contributed by atoms with van der Waals surface area (Å²) < 4.78 is 1.25. The van der Waals surface area contributed by atoms with E-state index < -0.39 is 0 Å². The molecule has 0 atom stereocenters. The van der Waals surface area contributed by atoms with Crippen molar-refractivity contribution >= 4 is 33.7 Å². The molecule has 1 aromatic rings. The number of amides is 1. The van der Waals surface area contributed by atoms with Crippen molar-refractivity contribution in [2.45, 2.75) is 6.92 Å². The topological polar surface area (TPSA) is 59.2 Å². The lowest BCUT2D eigenvalue weighted by Gasteiger charge is -2.10. The molecule has 1 aromatic heterocycles. The van der Waals surface area contributed by atoms with Gasteiger partial charge in [0.25, 0.3) is 0 Å². The highest BCUT2D eigenvalue weighted by Gasteiger charge is 2.07. The molecule has 4 nitrogen and oxygen atoms in total. The Balaban J connectivity index is 2.95. The molecule has 0 bridgehead atoms. The fourth-order valence-electron chi connectivity index (χ4n) is 0.710. The number of anilines is 2. The molecule has 0 spiro atoms. The van der Waals surface area contributed by atoms with E-state index in [0.717, 1.165) is 0 Å². The first-order chi connectivity index (χ1) is 5.61. The molecule has 1 heterocycles. The van der Waals surface area contributed by atoms with Gasteiger partial charge in [-0.15, -0.1) is 0 Å². The Morgan fingerprint density at radius 2 is 2.33 bits per heavy atom. The van der Waals surface area contributed by atoms with Crippen LogP contribution in [0.4, 0.5) is 11.6 Å². The molecule has 0 aliphatic carbocycles. The van der Waals surface area contributed by atoms with E-state index in [0.29, 0.717) is 11.6 Å². The van der Waals surface area contributed by atoms with Gasteiger partial charge < -0.3 is 5.73 Å². The number of pyridine rings is 1. The Hall–Kier alpha value is -1.10. The van der Waals surface area contributed by atoms with Crippen LogP contribution in [0.1, 0.15) is 6.92 Å². The van der Waals surface area contributed by atoms with Crippen molar-refractivity contribution in [3.8, 4) is 0 Å². The largest absolute Gasteiger partial charge is 0.384 e. The van der Waals surface area contributed by atoms with E-state index in [2.05, 4.69) is 21.1 Å². The maximum atomic E-state index is 10.9. The van der Waals surface area contributed by atoms with Gasteiger partial charge in [0, 0.05) is 6.92 Å². The highest BCUT2D eigenvalue weighted by molar-refractivity contribution is 9.10. The second-order valence-electron chi connectivity index (χ2n) is 2.22. The molecule has 12 heavy (non-hydrogen) atoms. The van der Waals surface area contributed by atoms with Crippen molar-refractivity contribution < 1.29 is 4.79 Å². The van der Waals surface area contributed by atoms with Gasteiger partial charge in [-0.25, -0.2) is 8.91 Å². The van der Waals surface area contributed by atoms with Crippen LogP contribution in [0, 0.1) is 0 Å². The molecular formula is C7H8BrN3O. The Morgan fingerprint density at radius 1 is 1.67 bits per heavy atom. The van der Waals surface area contributed by atoms with Crippen LogP contribution in [0.3, 0.4) is 0 Å². The molecule has 0 fully saturated rings. The zero-order valence-corrected chi connectivity index (χ0v) is 8.08. The minimum Gasteiger partial charge on any atom is -0.384 e. The SMILES string of the molecule is CC(=O)N(Br)c1cccc(N)n1. The minimum atomic E-state index is -0.145. The summed E-state index contributed by atoms with van der Waals surface area (Å²) in [5, 5.41) is 0. The van der Waals surface area contributed by atoms with Crippen molar-refractivity contribution in [1.29, 1.82) is 0 Å². The summed E-state index contributed by atoms with van der Waals surface area (Å²) in [6.07, 6.45) is 0. The average molecular weight is 230 g/mol. The third kappa shape index (κ3) is 1.94. The Labute approximate surface area is 78.7 Å². The molecule has 0 unspecified atom stereocenters. The maximum absolute atomic E-state index is 10.9. The van der Waals surface area contributed by atoms with Crippen LogP contribution in [-0.2, 0) is 4.79 Å². The molecule has 0 aliphatic heterocycles. The van der Waals surface area contributed by atoms with Gasteiger partial charge in [0.05, 0.1) is 16.1 Å². The number of nitrogens with zero attached hydrogens (tertiary/aromatic N) is 2. The number of nitrogens with two attached hydrogens (primary N) is 1. The standard InChI is InChI=1S/C7H8BrN3O/c1-5(12)11(8)7-4-2-3-6(9)10-7/h2-4H,1H3,(H2,9,10). The predicted molar refractivity (Wildman–Crippen MR) is 50.7 cm³/mol. The molecule has 2 N–H and O–H groups in total. The smallest absolute Gasteiger partial charge is 0.235 e. The molecule has 0 saturated heterocycles. The lowest BCUT2D eigenvalue weighted by Crippen LogP contribution is -2.17. The van der Waals surface area contributed by atoms with Crippen LogP contribution in [0.2, 0.25) is 0 Å². The summed E-state index contributed by atoms with van der Waals surface area (Å²) in [6.45, 7) is 1.43. The summed E-state index contributed by atoms with van der Waals surface area (Å²) in [5.41, 5.74) is 5.43. The van der Waals surface area contributed by atoms with Crippen LogP contribution < -0.4 is 9.66 Å². The molecule has 0 radical (unpaired) electrons. The first-order valence-electron chi connectivity index (χ1n) is 3.30. The third-order valence-electron chi connectivity index (χ3n) is 1.23. The van der Waals surface area contributed by atoms with Crippen molar-refractivity contribution in [3.63, 3.8) is 0 Å². The molecule has 5 heteroatoms. The van der Waals surface area contributed by atoms with Crippen LogP contribution in [0.15, 0.2) is 18.2 Å². The van der Waals surface area contributed by atoms with Crippen LogP contribution in [0.25, 0.3) is 0 Å². The predicted octanol–water partition coefficient (Wildman–Crippen LogP) is 1.33. The summed E-state index contributed by atoms with van der Waals surface area (Å²) in [5.74, 6) is 0.730. The van der Waals surface area contributed by atoms with Crippen molar-refractivity contribution in [2.75, 3.05) is 9.66 Å². The molecule has 0 aromatic carbocycles. The first-order valence-corrected chi connectivity index (χ1v) is 4.01. The number of aromatic nitrogens is 1. The second kappa shape index (κ2) is 3.53. The van der Waals surface area contributed by atoms with Gasteiger partial charge in [-0.3, -0.25) is 4.79 Å². The number of carbonyl (C=O) groups excluding carboxylic acids is 1. The minimum absolute atomic E-state index is 0.145. The van der Waals surface area contributed by atoms with Crippen molar-refractivity contribution in [2.24, 2.45) is 0 Å². The van der Waals surface area contributed by atoms with Gasteiger partial charge in [0.1, 0.15) is 11.6 Å². The number of rotatable bonds is 1. The number of nitrogen functional groups attached to an aromatic ring is 1. The summed E-state index contributed by atoms with van der Waals surface area (Å²) in [6, 6.07) is 5.08. The molecule has 0 aliphatic rings. The van der Waals surface area contributed by atoms with Crippen LogP contribution >= 0.6 is 16.1 Å². The fourth-order valence-corrected chi connectivity index (χ4v) is 0.908. The first kappa shape index (κ1) is 8.99. The monoisotopic (exact) mass is 229 g/mol. The quantitative estimate of drug-likeness (QED) is 0.740. The Bertz CT molecular complexity index is 302. The summed E-state index contributed by atoms with van der Waals surface area (Å²) in [7, 11) is 0. The van der Waals surface area contributed by atoms with E-state index >= 15 is 0 Å². The average Bonchev–Trinajstić information content (AvgIpc) is 2.03. The molecule has 64 valence electrons. The number of hydrogen-bond acceptors (Lipinski definition) is 3. The van der Waals surface area contributed by atoms with Gasteiger partial charge in [-0.2, -0.15) is 0 Å². The number of hydrogen-bond donors (Lipinski definition) is 1. The van der Waals surface area contributed by atoms with Crippen molar-refractivity contribution in [1.82, 2.24) is 4.98 Å². The highest BCUT2D eigenvalue weighted by Crippen LogP contribution is 2.15. The highest BCUT2D eigenvalue weighted by atomic mass is 79.9. The van der Waals surface area contributed by atoms with E-state index in [1.165, 1.54) is 10.8 Å². The van der Waals surface area contributed by atoms with E-state index in [9.17, 15) is 4.79 Å². The molecule has 0 saturated carbocycles. The molecule has 1 amide bonds.